The summed E-state index contributed by atoms with van der Waals surface area (Å²) < 4.78 is 10.6. The average Bonchev–Trinajstić information content (AvgIpc) is 2.58. The van der Waals surface area contributed by atoms with Crippen molar-refractivity contribution in [3.63, 3.8) is 0 Å². The number of carbonyl (C=O) groups is 3. The van der Waals surface area contributed by atoms with Crippen LogP contribution in [0.4, 0.5) is 4.79 Å². The molecule has 0 spiro atoms. The summed E-state index contributed by atoms with van der Waals surface area (Å²) in [6, 6.07) is 9.23. The number of primary amides is 1. The van der Waals surface area contributed by atoms with Crippen molar-refractivity contribution in [2.24, 2.45) is 16.9 Å². The van der Waals surface area contributed by atoms with E-state index in [1.165, 1.54) is 4.90 Å². The van der Waals surface area contributed by atoms with Gasteiger partial charge in [0, 0.05) is 13.0 Å². The van der Waals surface area contributed by atoms with Crippen molar-refractivity contribution in [2.75, 3.05) is 6.54 Å². The molecule has 1 heterocycles. The van der Waals surface area contributed by atoms with Gasteiger partial charge in [-0.05, 0) is 32.8 Å². The normalized spacial score (nSPS) is 22.8. The van der Waals surface area contributed by atoms with Crippen molar-refractivity contribution >= 4 is 18.0 Å². The first-order valence-corrected chi connectivity index (χ1v) is 8.81. The second-order valence-corrected chi connectivity index (χ2v) is 7.70. The van der Waals surface area contributed by atoms with Crippen molar-refractivity contribution in [2.45, 2.75) is 52.0 Å². The van der Waals surface area contributed by atoms with Crippen LogP contribution < -0.4 is 11.5 Å². The van der Waals surface area contributed by atoms with Gasteiger partial charge in [0.2, 0.25) is 5.91 Å². The largest absolute Gasteiger partial charge is 0.459 e. The van der Waals surface area contributed by atoms with E-state index in [0.29, 0.717) is 0 Å². The number of benzene rings is 1. The standard InChI is InChI=1S/C19H27N3O5/c1-18(2,3)27-16(24)19(15(21)23)9-10-22(14(20)11-19)17(25)26-12-13-7-5-4-6-8-13/h4-8,14H,9-12,20H2,1-3H3,(H2,21,23). The molecule has 4 N–H and O–H groups in total. The Kier molecular flexibility index (Phi) is 6.10. The van der Waals surface area contributed by atoms with E-state index in [1.54, 1.807) is 20.8 Å². The van der Waals surface area contributed by atoms with Crippen molar-refractivity contribution in [3.8, 4) is 0 Å². The Balaban J connectivity index is 2.04. The molecule has 8 nitrogen and oxygen atoms in total. The zero-order valence-corrected chi connectivity index (χ0v) is 15.9. The third kappa shape index (κ3) is 4.97. The first-order chi connectivity index (χ1) is 12.5. The van der Waals surface area contributed by atoms with Crippen LogP contribution in [0.5, 0.6) is 0 Å². The lowest BCUT2D eigenvalue weighted by atomic mass is 9.76. The van der Waals surface area contributed by atoms with E-state index in [-0.39, 0.29) is 26.0 Å². The molecule has 148 valence electrons. The van der Waals surface area contributed by atoms with E-state index >= 15 is 0 Å². The lowest BCUT2D eigenvalue weighted by Crippen LogP contribution is -2.60. The summed E-state index contributed by atoms with van der Waals surface area (Å²) in [7, 11) is 0. The summed E-state index contributed by atoms with van der Waals surface area (Å²) in [6.45, 7) is 5.29. The summed E-state index contributed by atoms with van der Waals surface area (Å²) in [5.41, 5.74) is 10.1. The number of esters is 1. The molecule has 0 saturated carbocycles. The van der Waals surface area contributed by atoms with Crippen LogP contribution >= 0.6 is 0 Å². The Morgan fingerprint density at radius 1 is 1.22 bits per heavy atom. The first-order valence-electron chi connectivity index (χ1n) is 8.81. The molecule has 0 bridgehead atoms. The van der Waals surface area contributed by atoms with Gasteiger partial charge >= 0.3 is 12.1 Å². The highest BCUT2D eigenvalue weighted by atomic mass is 16.6. The third-order valence-electron chi connectivity index (χ3n) is 4.44. The van der Waals surface area contributed by atoms with Crippen LogP contribution in [0.25, 0.3) is 0 Å². The third-order valence-corrected chi connectivity index (χ3v) is 4.44. The molecule has 1 saturated heterocycles. The number of carbonyl (C=O) groups excluding carboxylic acids is 3. The maximum Gasteiger partial charge on any atom is 0.411 e. The van der Waals surface area contributed by atoms with Crippen LogP contribution in [0.1, 0.15) is 39.2 Å². The molecule has 2 unspecified atom stereocenters. The first kappa shape index (κ1) is 20.7. The molecular formula is C19H27N3O5. The maximum absolute atomic E-state index is 12.6. The minimum atomic E-state index is -1.55. The lowest BCUT2D eigenvalue weighted by Gasteiger charge is -2.42. The van der Waals surface area contributed by atoms with E-state index in [9.17, 15) is 14.4 Å². The lowest BCUT2D eigenvalue weighted by molar-refractivity contribution is -0.174. The Bertz CT molecular complexity index is 701. The van der Waals surface area contributed by atoms with Crippen LogP contribution in [-0.4, -0.2) is 41.2 Å². The van der Waals surface area contributed by atoms with Gasteiger partial charge in [0.15, 0.2) is 5.41 Å². The molecule has 1 aromatic carbocycles. The second kappa shape index (κ2) is 7.96. The van der Waals surface area contributed by atoms with Crippen LogP contribution in [-0.2, 0) is 25.7 Å². The highest BCUT2D eigenvalue weighted by Crippen LogP contribution is 2.36. The molecule has 2 atom stereocenters. The minimum Gasteiger partial charge on any atom is -0.459 e. The average molecular weight is 377 g/mol. The van der Waals surface area contributed by atoms with Gasteiger partial charge in [-0.15, -0.1) is 0 Å². The van der Waals surface area contributed by atoms with Crippen molar-refractivity contribution in [1.29, 1.82) is 0 Å². The molecule has 1 aliphatic heterocycles. The van der Waals surface area contributed by atoms with Crippen LogP contribution in [0, 0.1) is 5.41 Å². The number of rotatable bonds is 4. The van der Waals surface area contributed by atoms with Gasteiger partial charge in [0.1, 0.15) is 12.2 Å². The Morgan fingerprint density at radius 2 is 1.85 bits per heavy atom. The molecule has 8 heteroatoms. The second-order valence-electron chi connectivity index (χ2n) is 7.70. The van der Waals surface area contributed by atoms with Crippen LogP contribution in [0.2, 0.25) is 0 Å². The van der Waals surface area contributed by atoms with Crippen LogP contribution in [0.15, 0.2) is 30.3 Å². The van der Waals surface area contributed by atoms with Crippen molar-refractivity contribution < 1.29 is 23.9 Å². The zero-order valence-electron chi connectivity index (χ0n) is 15.9. The van der Waals surface area contributed by atoms with Gasteiger partial charge in [0.05, 0.1) is 6.17 Å². The minimum absolute atomic E-state index is 0.0331. The van der Waals surface area contributed by atoms with Crippen molar-refractivity contribution in [1.82, 2.24) is 4.90 Å². The Hall–Kier alpha value is -2.61. The van der Waals surface area contributed by atoms with Gasteiger partial charge in [-0.25, -0.2) is 4.79 Å². The molecule has 0 radical (unpaired) electrons. The molecule has 27 heavy (non-hydrogen) atoms. The number of hydrogen-bond acceptors (Lipinski definition) is 6. The van der Waals surface area contributed by atoms with Crippen LogP contribution in [0.3, 0.4) is 0 Å². The molecule has 1 aromatic rings. The topological polar surface area (TPSA) is 125 Å². The summed E-state index contributed by atoms with van der Waals surface area (Å²) in [4.78, 5) is 38.3. The summed E-state index contributed by atoms with van der Waals surface area (Å²) in [5.74, 6) is -1.51. The number of nitrogens with zero attached hydrogens (tertiary/aromatic N) is 1. The summed E-state index contributed by atoms with van der Waals surface area (Å²) in [5, 5.41) is 0. The number of amides is 2. The van der Waals surface area contributed by atoms with Gasteiger partial charge in [-0.2, -0.15) is 0 Å². The van der Waals surface area contributed by atoms with Crippen molar-refractivity contribution in [3.05, 3.63) is 35.9 Å². The molecule has 2 rings (SSSR count). The van der Waals surface area contributed by atoms with Gasteiger partial charge in [-0.1, -0.05) is 30.3 Å². The van der Waals surface area contributed by atoms with E-state index < -0.39 is 35.2 Å². The number of ether oxygens (including phenoxy) is 2. The molecule has 1 fully saturated rings. The maximum atomic E-state index is 12.6. The quantitative estimate of drug-likeness (QED) is 0.605. The number of piperidine rings is 1. The van der Waals surface area contributed by atoms with Gasteiger partial charge in [0.25, 0.3) is 0 Å². The molecular weight excluding hydrogens is 350 g/mol. The SMILES string of the molecule is CC(C)(C)OC(=O)C1(C(N)=O)CCN(C(=O)OCc2ccccc2)C(N)C1. The van der Waals surface area contributed by atoms with E-state index in [0.717, 1.165) is 5.56 Å². The summed E-state index contributed by atoms with van der Waals surface area (Å²) >= 11 is 0. The predicted octanol–water partition coefficient (Wildman–Crippen LogP) is 1.52. The van der Waals surface area contributed by atoms with E-state index in [2.05, 4.69) is 0 Å². The fraction of sp³-hybridized carbons (Fsp3) is 0.526. The van der Waals surface area contributed by atoms with E-state index in [1.807, 2.05) is 30.3 Å². The van der Waals surface area contributed by atoms with Gasteiger partial charge < -0.3 is 20.9 Å². The smallest absolute Gasteiger partial charge is 0.411 e. The fourth-order valence-corrected chi connectivity index (χ4v) is 2.96. The fourth-order valence-electron chi connectivity index (χ4n) is 2.96. The number of likely N-dealkylation sites (tertiary alicyclic amines) is 1. The molecule has 2 amide bonds. The van der Waals surface area contributed by atoms with Gasteiger partial charge in [-0.3, -0.25) is 14.5 Å². The Morgan fingerprint density at radius 3 is 2.37 bits per heavy atom. The zero-order chi connectivity index (χ0) is 20.2. The monoisotopic (exact) mass is 377 g/mol. The molecule has 0 aromatic heterocycles. The number of nitrogens with two attached hydrogens (primary N) is 2. The van der Waals surface area contributed by atoms with E-state index in [4.69, 9.17) is 20.9 Å². The Labute approximate surface area is 158 Å². The summed E-state index contributed by atoms with van der Waals surface area (Å²) in [6.07, 6.45) is -1.57. The molecule has 0 aliphatic carbocycles. The molecule has 1 aliphatic rings. The highest BCUT2D eigenvalue weighted by molar-refractivity contribution is 6.02. The number of hydrogen-bond donors (Lipinski definition) is 2. The predicted molar refractivity (Wildman–Crippen MR) is 98.0 cm³/mol. The highest BCUT2D eigenvalue weighted by Gasteiger charge is 2.52.